The SMILES string of the molecule is CCCCCCCCCCCCOC(=O)c1ccc2c(c1)C(=O)C(=CSCCCCCCCCCCCC)C2=O. The van der Waals surface area contributed by atoms with Gasteiger partial charge in [-0.1, -0.05) is 129 Å². The van der Waals surface area contributed by atoms with Gasteiger partial charge in [-0.25, -0.2) is 4.79 Å². The van der Waals surface area contributed by atoms with Gasteiger partial charge in [0.15, 0.2) is 11.6 Å². The van der Waals surface area contributed by atoms with Crippen LogP contribution in [0.1, 0.15) is 173 Å². The van der Waals surface area contributed by atoms with Crippen molar-refractivity contribution in [2.45, 2.75) is 142 Å². The molecule has 0 spiro atoms. The molecule has 0 aromatic heterocycles. The Labute approximate surface area is 248 Å². The molecular weight excluding hydrogens is 516 g/mol. The third-order valence-electron chi connectivity index (χ3n) is 7.78. The Kier molecular flexibility index (Phi) is 18.7. The van der Waals surface area contributed by atoms with Crippen LogP contribution in [0.4, 0.5) is 0 Å². The van der Waals surface area contributed by atoms with E-state index in [-0.39, 0.29) is 17.1 Å². The van der Waals surface area contributed by atoms with Crippen LogP contribution in [-0.2, 0) is 4.74 Å². The second-order valence-electron chi connectivity index (χ2n) is 11.3. The van der Waals surface area contributed by atoms with Crippen LogP contribution in [0.3, 0.4) is 0 Å². The van der Waals surface area contributed by atoms with Crippen molar-refractivity contribution in [3.05, 3.63) is 45.9 Å². The number of unbranched alkanes of at least 4 members (excludes halogenated alkanes) is 18. The minimum Gasteiger partial charge on any atom is -0.462 e. The molecule has 0 N–H and O–H groups in total. The van der Waals surface area contributed by atoms with E-state index in [0.29, 0.717) is 23.3 Å². The normalized spacial score (nSPS) is 13.8. The fraction of sp³-hybridized carbons (Fsp3) is 0.686. The van der Waals surface area contributed by atoms with Crippen LogP contribution in [0.5, 0.6) is 0 Å². The number of carbonyl (C=O) groups is 3. The quantitative estimate of drug-likeness (QED) is 0.0535. The van der Waals surface area contributed by atoms with Gasteiger partial charge in [0.2, 0.25) is 0 Å². The third-order valence-corrected chi connectivity index (χ3v) is 8.71. The van der Waals surface area contributed by atoms with E-state index in [9.17, 15) is 14.4 Å². The number of rotatable bonds is 24. The molecule has 40 heavy (non-hydrogen) atoms. The largest absolute Gasteiger partial charge is 0.462 e. The maximum atomic E-state index is 12.9. The van der Waals surface area contributed by atoms with Gasteiger partial charge in [0.1, 0.15) is 0 Å². The third kappa shape index (κ3) is 13.2. The number of ether oxygens (including phenoxy) is 1. The molecule has 2 rings (SSSR count). The van der Waals surface area contributed by atoms with Crippen molar-refractivity contribution in [2.75, 3.05) is 12.4 Å². The number of carbonyl (C=O) groups excluding carboxylic acids is 3. The lowest BCUT2D eigenvalue weighted by molar-refractivity contribution is 0.0497. The van der Waals surface area contributed by atoms with E-state index in [4.69, 9.17) is 4.74 Å². The summed E-state index contributed by atoms with van der Waals surface area (Å²) in [6.45, 7) is 4.88. The van der Waals surface area contributed by atoms with Crippen molar-refractivity contribution < 1.29 is 19.1 Å². The maximum Gasteiger partial charge on any atom is 0.338 e. The summed E-state index contributed by atoms with van der Waals surface area (Å²) in [5, 5.41) is 1.72. The van der Waals surface area contributed by atoms with Gasteiger partial charge in [-0.3, -0.25) is 9.59 Å². The molecule has 1 aliphatic rings. The monoisotopic (exact) mass is 570 g/mol. The highest BCUT2D eigenvalue weighted by Crippen LogP contribution is 2.29. The van der Waals surface area contributed by atoms with Crippen LogP contribution in [0, 0.1) is 0 Å². The van der Waals surface area contributed by atoms with Gasteiger partial charge in [-0.05, 0) is 42.2 Å². The van der Waals surface area contributed by atoms with E-state index in [2.05, 4.69) is 13.8 Å². The number of hydrogen-bond acceptors (Lipinski definition) is 5. The molecular formula is C35H54O4S. The molecule has 0 atom stereocenters. The number of esters is 1. The molecule has 0 amide bonds. The lowest BCUT2D eigenvalue weighted by Crippen LogP contribution is -2.08. The molecule has 0 heterocycles. The van der Waals surface area contributed by atoms with Crippen molar-refractivity contribution in [3.63, 3.8) is 0 Å². The molecule has 224 valence electrons. The van der Waals surface area contributed by atoms with Gasteiger partial charge in [0.25, 0.3) is 0 Å². The van der Waals surface area contributed by atoms with E-state index >= 15 is 0 Å². The lowest BCUT2D eigenvalue weighted by atomic mass is 10.1. The first-order chi connectivity index (χ1) is 19.6. The van der Waals surface area contributed by atoms with Crippen LogP contribution >= 0.6 is 11.8 Å². The molecule has 5 heteroatoms. The first kappa shape index (κ1) is 34.3. The van der Waals surface area contributed by atoms with Crippen molar-refractivity contribution in [1.29, 1.82) is 0 Å². The Hall–Kier alpha value is -1.88. The minimum atomic E-state index is -0.424. The van der Waals surface area contributed by atoms with Crippen LogP contribution < -0.4 is 0 Å². The molecule has 1 aromatic carbocycles. The van der Waals surface area contributed by atoms with E-state index in [1.165, 1.54) is 115 Å². The van der Waals surface area contributed by atoms with Gasteiger partial charge >= 0.3 is 5.97 Å². The Bertz CT molecular complexity index is 920. The summed E-state index contributed by atoms with van der Waals surface area (Å²) in [4.78, 5) is 38.2. The number of thioether (sulfide) groups is 1. The minimum absolute atomic E-state index is 0.225. The molecule has 0 unspecified atom stereocenters. The van der Waals surface area contributed by atoms with Crippen LogP contribution in [0.15, 0.2) is 29.2 Å². The molecule has 4 nitrogen and oxygen atoms in total. The number of Topliss-reactive ketones (excluding diaryl/α,β-unsaturated/α-hetero) is 2. The van der Waals surface area contributed by atoms with Gasteiger partial charge in [0, 0.05) is 11.1 Å². The summed E-state index contributed by atoms with van der Waals surface area (Å²) in [5.41, 5.74) is 1.28. The van der Waals surface area contributed by atoms with E-state index in [1.807, 2.05) is 0 Å². The zero-order valence-corrected chi connectivity index (χ0v) is 26.2. The summed E-state index contributed by atoms with van der Waals surface area (Å²) < 4.78 is 5.44. The molecule has 0 saturated heterocycles. The Morgan fingerprint density at radius 1 is 0.650 bits per heavy atom. The molecule has 0 aliphatic heterocycles. The van der Waals surface area contributed by atoms with E-state index < -0.39 is 5.97 Å². The molecule has 0 bridgehead atoms. The Balaban J connectivity index is 1.63. The average Bonchev–Trinajstić information content (AvgIpc) is 3.20. The summed E-state index contributed by atoms with van der Waals surface area (Å²) >= 11 is 1.55. The van der Waals surface area contributed by atoms with Gasteiger partial charge in [0.05, 0.1) is 17.7 Å². The van der Waals surface area contributed by atoms with Gasteiger partial charge in [-0.15, -0.1) is 11.8 Å². The standard InChI is InChI=1S/C35H54O4S/c1-3-5-7-9-11-13-15-17-19-21-25-39-35(38)29-23-24-30-31(27-29)34(37)32(33(30)36)28-40-26-22-20-18-16-14-12-10-8-6-4-2/h23-24,27-28H,3-22,25-26H2,1-2H3. The predicted molar refractivity (Wildman–Crippen MR) is 170 cm³/mol. The maximum absolute atomic E-state index is 12.9. The average molecular weight is 571 g/mol. The molecule has 0 saturated carbocycles. The van der Waals surface area contributed by atoms with Gasteiger partial charge < -0.3 is 4.74 Å². The Morgan fingerprint density at radius 2 is 1.12 bits per heavy atom. The number of benzene rings is 1. The fourth-order valence-corrected chi connectivity index (χ4v) is 6.08. The number of ketones is 2. The molecule has 0 fully saturated rings. The highest BCUT2D eigenvalue weighted by molar-refractivity contribution is 8.02. The lowest BCUT2D eigenvalue weighted by Gasteiger charge is -2.06. The number of allylic oxidation sites excluding steroid dienone is 1. The highest BCUT2D eigenvalue weighted by atomic mass is 32.2. The topological polar surface area (TPSA) is 60.4 Å². The fourth-order valence-electron chi connectivity index (χ4n) is 5.21. The van der Waals surface area contributed by atoms with Crippen LogP contribution in [-0.4, -0.2) is 29.9 Å². The van der Waals surface area contributed by atoms with E-state index in [1.54, 1.807) is 29.3 Å². The predicted octanol–water partition coefficient (Wildman–Crippen LogP) is 10.7. The van der Waals surface area contributed by atoms with Crippen LogP contribution in [0.2, 0.25) is 0 Å². The molecule has 0 radical (unpaired) electrons. The van der Waals surface area contributed by atoms with Crippen LogP contribution in [0.25, 0.3) is 0 Å². The van der Waals surface area contributed by atoms with Crippen molar-refractivity contribution >= 4 is 29.3 Å². The number of fused-ring (bicyclic) bond motifs is 1. The zero-order chi connectivity index (χ0) is 28.8. The molecule has 1 aromatic rings. The van der Waals surface area contributed by atoms with Gasteiger partial charge in [-0.2, -0.15) is 0 Å². The highest BCUT2D eigenvalue weighted by Gasteiger charge is 2.33. The second kappa shape index (κ2) is 21.8. The second-order valence-corrected chi connectivity index (χ2v) is 12.3. The summed E-state index contributed by atoms with van der Waals surface area (Å²) in [6, 6.07) is 4.73. The number of hydrogen-bond donors (Lipinski definition) is 0. The van der Waals surface area contributed by atoms with Crippen molar-refractivity contribution in [3.8, 4) is 0 Å². The zero-order valence-electron chi connectivity index (χ0n) is 25.4. The first-order valence-corrected chi connectivity index (χ1v) is 17.4. The smallest absolute Gasteiger partial charge is 0.338 e. The van der Waals surface area contributed by atoms with E-state index in [0.717, 1.165) is 25.0 Å². The Morgan fingerprint density at radius 3 is 1.68 bits per heavy atom. The first-order valence-electron chi connectivity index (χ1n) is 16.3. The van der Waals surface area contributed by atoms with Crippen molar-refractivity contribution in [1.82, 2.24) is 0 Å². The summed E-state index contributed by atoms with van der Waals surface area (Å²) in [5.74, 6) is -0.0273. The summed E-state index contributed by atoms with van der Waals surface area (Å²) in [7, 11) is 0. The summed E-state index contributed by atoms with van der Waals surface area (Å²) in [6.07, 6.45) is 25.2. The molecule has 1 aliphatic carbocycles. The van der Waals surface area contributed by atoms with Crippen molar-refractivity contribution in [2.24, 2.45) is 0 Å².